The van der Waals surface area contributed by atoms with Crippen LogP contribution in [-0.2, 0) is 16.2 Å². The van der Waals surface area contributed by atoms with Gasteiger partial charge in [0, 0.05) is 0 Å². The number of carboxylic acids is 1. The predicted octanol–water partition coefficient (Wildman–Crippen LogP) is 5.16. The van der Waals surface area contributed by atoms with E-state index in [1.54, 1.807) is 54.6 Å². The maximum absolute atomic E-state index is 13.0. The molecule has 2 N–H and O–H groups in total. The number of amides is 4. The number of anilines is 1. The number of para-hydroxylation sites is 1. The summed E-state index contributed by atoms with van der Waals surface area (Å²) < 4.78 is 6.98. The van der Waals surface area contributed by atoms with Crippen molar-refractivity contribution in [3.05, 3.63) is 97.9 Å². The van der Waals surface area contributed by atoms with Crippen LogP contribution in [0.15, 0.2) is 81.2 Å². The fourth-order valence-corrected chi connectivity index (χ4v) is 4.79. The minimum atomic E-state index is -1.01. The monoisotopic (exact) mass is 598 g/mol. The summed E-state index contributed by atoms with van der Waals surface area (Å²) in [5, 5.41) is 11.2. The quantitative estimate of drug-likeness (QED) is 0.299. The zero-order valence-electron chi connectivity index (χ0n) is 17.8. The Bertz CT molecular complexity index is 1350. The van der Waals surface area contributed by atoms with Gasteiger partial charge in [-0.25, -0.2) is 14.5 Å². The summed E-state index contributed by atoms with van der Waals surface area (Å²) in [6.07, 6.45) is 1.39. The first-order valence-electron chi connectivity index (χ1n) is 10.1. The van der Waals surface area contributed by atoms with Gasteiger partial charge < -0.3 is 9.84 Å². The summed E-state index contributed by atoms with van der Waals surface area (Å²) in [6.45, 7) is 0.187. The maximum Gasteiger partial charge on any atom is 0.335 e. The van der Waals surface area contributed by atoms with Crippen LogP contribution in [-0.4, -0.2) is 28.9 Å². The summed E-state index contributed by atoms with van der Waals surface area (Å²) in [4.78, 5) is 49.6. The molecule has 3 aromatic carbocycles. The Hall–Kier alpha value is -3.76. The van der Waals surface area contributed by atoms with Crippen molar-refractivity contribution < 1.29 is 29.0 Å². The lowest BCUT2D eigenvalue weighted by Gasteiger charge is -2.26. The van der Waals surface area contributed by atoms with E-state index in [1.807, 2.05) is 0 Å². The number of benzene rings is 3. The van der Waals surface area contributed by atoms with Crippen molar-refractivity contribution in [2.45, 2.75) is 6.61 Å². The van der Waals surface area contributed by atoms with E-state index in [9.17, 15) is 19.2 Å². The van der Waals surface area contributed by atoms with Gasteiger partial charge in [-0.3, -0.25) is 14.9 Å². The second-order valence-corrected chi connectivity index (χ2v) is 9.11. The molecule has 1 saturated heterocycles. The largest absolute Gasteiger partial charge is 0.487 e. The van der Waals surface area contributed by atoms with Gasteiger partial charge in [0.15, 0.2) is 0 Å². The fraction of sp³-hybridized carbons (Fsp3) is 0.0400. The molecule has 0 aromatic heterocycles. The van der Waals surface area contributed by atoms with Crippen molar-refractivity contribution in [1.29, 1.82) is 0 Å². The van der Waals surface area contributed by atoms with E-state index in [0.29, 0.717) is 25.9 Å². The average Bonchev–Trinajstić information content (AvgIpc) is 2.82. The average molecular weight is 600 g/mol. The van der Waals surface area contributed by atoms with Crippen molar-refractivity contribution in [2.24, 2.45) is 0 Å². The Kier molecular flexibility index (Phi) is 7.13. The number of nitrogens with one attached hydrogen (secondary N) is 1. The number of ether oxygens (including phenoxy) is 1. The SMILES string of the molecule is O=C1NC(=O)N(c2ccccc2)C(=O)/C1=C\c1cc(Br)c(OCc2ccc(C(=O)O)cc2)c(Br)c1. The summed E-state index contributed by atoms with van der Waals surface area (Å²) in [5.74, 6) is -2.05. The second-order valence-electron chi connectivity index (χ2n) is 7.40. The Labute approximate surface area is 216 Å². The smallest absolute Gasteiger partial charge is 0.335 e. The predicted molar refractivity (Wildman–Crippen MR) is 135 cm³/mol. The Morgan fingerprint density at radius 1 is 0.971 bits per heavy atom. The van der Waals surface area contributed by atoms with Crippen LogP contribution in [0.4, 0.5) is 10.5 Å². The maximum atomic E-state index is 13.0. The summed E-state index contributed by atoms with van der Waals surface area (Å²) in [5.41, 5.74) is 1.62. The normalized spacial score (nSPS) is 14.7. The summed E-state index contributed by atoms with van der Waals surface area (Å²) in [6, 6.07) is 17.2. The number of halogens is 2. The van der Waals surface area contributed by atoms with Crippen LogP contribution < -0.4 is 15.0 Å². The van der Waals surface area contributed by atoms with Crippen LogP contribution in [0.2, 0.25) is 0 Å². The number of nitrogens with zero attached hydrogens (tertiary/aromatic N) is 1. The van der Waals surface area contributed by atoms with Gasteiger partial charge in [0.05, 0.1) is 20.2 Å². The van der Waals surface area contributed by atoms with Gasteiger partial charge >= 0.3 is 12.0 Å². The van der Waals surface area contributed by atoms with Crippen LogP contribution in [0.3, 0.4) is 0 Å². The van der Waals surface area contributed by atoms with Gasteiger partial charge in [-0.05, 0) is 85.5 Å². The van der Waals surface area contributed by atoms with Gasteiger partial charge in [-0.2, -0.15) is 0 Å². The van der Waals surface area contributed by atoms with Crippen LogP contribution in [0.25, 0.3) is 6.08 Å². The molecule has 35 heavy (non-hydrogen) atoms. The minimum absolute atomic E-state index is 0.183. The molecule has 1 fully saturated rings. The lowest BCUT2D eigenvalue weighted by atomic mass is 10.1. The molecule has 0 radical (unpaired) electrons. The molecular weight excluding hydrogens is 584 g/mol. The van der Waals surface area contributed by atoms with E-state index in [4.69, 9.17) is 9.84 Å². The first kappa shape index (κ1) is 24.4. The number of rotatable bonds is 6. The fourth-order valence-electron chi connectivity index (χ4n) is 3.34. The highest BCUT2D eigenvalue weighted by molar-refractivity contribution is 9.11. The molecule has 4 rings (SSSR count). The molecule has 1 aliphatic rings. The van der Waals surface area contributed by atoms with Crippen LogP contribution in [0.1, 0.15) is 21.5 Å². The van der Waals surface area contributed by atoms with Crippen molar-refractivity contribution >= 4 is 67.4 Å². The molecule has 0 aliphatic carbocycles. The number of aromatic carboxylic acids is 1. The second kappa shape index (κ2) is 10.2. The molecule has 0 atom stereocenters. The minimum Gasteiger partial charge on any atom is -0.487 e. The van der Waals surface area contributed by atoms with E-state index in [0.717, 1.165) is 10.5 Å². The molecule has 0 unspecified atom stereocenters. The van der Waals surface area contributed by atoms with Crippen molar-refractivity contribution in [3.63, 3.8) is 0 Å². The van der Waals surface area contributed by atoms with Crippen molar-refractivity contribution in [3.8, 4) is 5.75 Å². The zero-order chi connectivity index (χ0) is 25.1. The van der Waals surface area contributed by atoms with Gasteiger partial charge in [0.25, 0.3) is 11.8 Å². The molecule has 8 nitrogen and oxygen atoms in total. The number of carbonyl (C=O) groups excluding carboxylic acids is 3. The number of hydrogen-bond donors (Lipinski definition) is 2. The van der Waals surface area contributed by atoms with Gasteiger partial charge in [-0.15, -0.1) is 0 Å². The Balaban J connectivity index is 1.56. The molecule has 10 heteroatoms. The molecule has 1 heterocycles. The Morgan fingerprint density at radius 3 is 2.20 bits per heavy atom. The zero-order valence-corrected chi connectivity index (χ0v) is 21.0. The third kappa shape index (κ3) is 5.33. The molecule has 0 spiro atoms. The highest BCUT2D eigenvalue weighted by Gasteiger charge is 2.36. The van der Waals surface area contributed by atoms with E-state index in [2.05, 4.69) is 37.2 Å². The topological polar surface area (TPSA) is 113 Å². The third-order valence-electron chi connectivity index (χ3n) is 5.03. The van der Waals surface area contributed by atoms with E-state index in [1.165, 1.54) is 18.2 Å². The number of carbonyl (C=O) groups is 4. The Morgan fingerprint density at radius 2 is 1.60 bits per heavy atom. The van der Waals surface area contributed by atoms with Gasteiger partial charge in [-0.1, -0.05) is 30.3 Å². The lowest BCUT2D eigenvalue weighted by molar-refractivity contribution is -0.122. The van der Waals surface area contributed by atoms with Gasteiger partial charge in [0.2, 0.25) is 0 Å². The standard InChI is InChI=1S/C25H16Br2N2O6/c26-19-11-15(12-20(27)21(19)35-13-14-6-8-16(9-7-14)24(32)33)10-18-22(30)28-25(34)29(23(18)31)17-4-2-1-3-5-17/h1-12H,13H2,(H,32,33)(H,28,30,34)/b18-10-. The van der Waals surface area contributed by atoms with E-state index >= 15 is 0 Å². The number of hydrogen-bond acceptors (Lipinski definition) is 5. The van der Waals surface area contributed by atoms with Crippen molar-refractivity contribution in [1.82, 2.24) is 5.32 Å². The first-order valence-corrected chi connectivity index (χ1v) is 11.7. The molecular formula is C25H16Br2N2O6. The molecule has 176 valence electrons. The van der Waals surface area contributed by atoms with E-state index < -0.39 is 23.8 Å². The first-order chi connectivity index (χ1) is 16.7. The van der Waals surface area contributed by atoms with Crippen LogP contribution in [0.5, 0.6) is 5.75 Å². The third-order valence-corrected chi connectivity index (χ3v) is 6.21. The molecule has 3 aromatic rings. The summed E-state index contributed by atoms with van der Waals surface area (Å²) in [7, 11) is 0. The highest BCUT2D eigenvalue weighted by Crippen LogP contribution is 2.36. The highest BCUT2D eigenvalue weighted by atomic mass is 79.9. The lowest BCUT2D eigenvalue weighted by Crippen LogP contribution is -2.54. The molecule has 0 bridgehead atoms. The van der Waals surface area contributed by atoms with Crippen LogP contribution >= 0.6 is 31.9 Å². The molecule has 1 aliphatic heterocycles. The molecule has 0 saturated carbocycles. The van der Waals surface area contributed by atoms with E-state index in [-0.39, 0.29) is 17.7 Å². The number of carboxylic acid groups (broad SMARTS) is 1. The number of imide groups is 2. The van der Waals surface area contributed by atoms with Gasteiger partial charge in [0.1, 0.15) is 17.9 Å². The molecule has 4 amide bonds. The summed E-state index contributed by atoms with van der Waals surface area (Å²) >= 11 is 6.89. The number of barbiturate groups is 1. The number of urea groups is 1. The van der Waals surface area contributed by atoms with Crippen molar-refractivity contribution in [2.75, 3.05) is 4.90 Å². The van der Waals surface area contributed by atoms with Crippen LogP contribution in [0, 0.1) is 0 Å².